The molecule has 32 heteroatoms. The number of hydrogen-bond donors (Lipinski definition) is 19. The summed E-state index contributed by atoms with van der Waals surface area (Å²) < 4.78 is 4.95. The maximum absolute atomic E-state index is 14.3. The monoisotopic (exact) mass is 1270 g/mol. The number of aliphatic carboxylic acids is 1. The highest BCUT2D eigenvalue weighted by Crippen LogP contribution is 2.15. The lowest BCUT2D eigenvalue weighted by atomic mass is 9.96. The largest absolute Gasteiger partial charge is 0.480 e. The Morgan fingerprint density at radius 3 is 1.19 bits per heavy atom. The van der Waals surface area contributed by atoms with E-state index >= 15 is 0 Å². The van der Waals surface area contributed by atoms with E-state index in [0.717, 1.165) is 26.2 Å². The molecule has 0 aliphatic rings. The summed E-state index contributed by atoms with van der Waals surface area (Å²) in [6, 6.07) is -14.7. The van der Waals surface area contributed by atoms with Crippen molar-refractivity contribution in [1.29, 1.82) is 0 Å². The molecule has 0 saturated carbocycles. The van der Waals surface area contributed by atoms with Gasteiger partial charge in [-0.3, -0.25) is 47.9 Å². The fraction of sp³-hybridized carbons (Fsp3) is 0.754. The Hall–Kier alpha value is -7.10. The molecule has 0 aromatic carbocycles. The van der Waals surface area contributed by atoms with Gasteiger partial charge in [-0.25, -0.2) is 9.59 Å². The Kier molecular flexibility index (Phi) is 41.6. The van der Waals surface area contributed by atoms with Crippen molar-refractivity contribution in [2.75, 3.05) is 45.9 Å². The number of carbonyl (C=O) groups is 12. The first-order valence-electron chi connectivity index (χ1n) is 30.6. The van der Waals surface area contributed by atoms with Gasteiger partial charge in [0.25, 0.3) is 0 Å². The summed E-state index contributed by atoms with van der Waals surface area (Å²) in [5.74, 6) is -10.7. The Balaban J connectivity index is 6.81. The van der Waals surface area contributed by atoms with Gasteiger partial charge in [0, 0.05) is 13.0 Å². The molecule has 0 fully saturated rings. The highest BCUT2D eigenvalue weighted by Gasteiger charge is 2.38. The molecule has 0 unspecified atom stereocenters. The van der Waals surface area contributed by atoms with E-state index < -0.39 is 150 Å². The molecule has 0 bridgehead atoms. The molecule has 0 aromatic rings. The lowest BCUT2D eigenvalue weighted by Gasteiger charge is -2.30. The molecule has 0 aliphatic heterocycles. The molecule has 32 nitrogen and oxygen atoms in total. The number of rotatable bonds is 47. The Labute approximate surface area is 522 Å². The number of nitrogens with two attached hydrogens (primary N) is 5. The molecule has 89 heavy (non-hydrogen) atoms. The lowest BCUT2D eigenvalue weighted by Crippen LogP contribution is -2.62. The first kappa shape index (κ1) is 81.9. The fourth-order valence-electron chi connectivity index (χ4n) is 8.77. The van der Waals surface area contributed by atoms with Gasteiger partial charge in [-0.05, 0) is 116 Å². The van der Waals surface area contributed by atoms with Crippen LogP contribution in [0.3, 0.4) is 0 Å². The van der Waals surface area contributed by atoms with E-state index in [4.69, 9.17) is 33.4 Å². The van der Waals surface area contributed by atoms with E-state index in [-0.39, 0.29) is 103 Å². The predicted octanol–water partition coefficient (Wildman–Crippen LogP) is -4.57. The average Bonchev–Trinajstić information content (AvgIpc) is 3.69. The summed E-state index contributed by atoms with van der Waals surface area (Å²) in [5.41, 5.74) is 29.1. The van der Waals surface area contributed by atoms with Gasteiger partial charge in [-0.15, -0.1) is 0 Å². The van der Waals surface area contributed by atoms with Crippen LogP contribution in [0.15, 0.2) is 12.7 Å². The zero-order chi connectivity index (χ0) is 67.9. The predicted molar refractivity (Wildman–Crippen MR) is 330 cm³/mol. The molecule has 0 aliphatic carbocycles. The van der Waals surface area contributed by atoms with Gasteiger partial charge in [0.2, 0.25) is 59.1 Å². The zero-order valence-electron chi connectivity index (χ0n) is 53.1. The van der Waals surface area contributed by atoms with Crippen LogP contribution in [0.4, 0.5) is 4.79 Å². The number of unbranched alkanes of at least 4 members (excludes halogenated alkanes) is 1. The second-order valence-corrected chi connectivity index (χ2v) is 22.5. The molecular formula is C57H106N16O16. The first-order valence-corrected chi connectivity index (χ1v) is 30.6. The molecule has 0 rings (SSSR count). The third kappa shape index (κ3) is 32.3. The quantitative estimate of drug-likeness (QED) is 0.0201. The average molecular weight is 1270 g/mol. The fourth-order valence-corrected chi connectivity index (χ4v) is 8.77. The minimum Gasteiger partial charge on any atom is -0.480 e. The van der Waals surface area contributed by atoms with Crippen LogP contribution >= 0.6 is 0 Å². The zero-order valence-corrected chi connectivity index (χ0v) is 53.1. The topological polar surface area (TPSA) is 537 Å². The van der Waals surface area contributed by atoms with Gasteiger partial charge in [0.1, 0.15) is 61.0 Å². The third-order valence-corrected chi connectivity index (χ3v) is 14.4. The maximum atomic E-state index is 14.3. The van der Waals surface area contributed by atoms with E-state index in [1.807, 2.05) is 0 Å². The standard InChI is InChI=1S/C57H106N16O16/c1-10-29-89-57(88)63-28-22-41(67-48(78)39(20-26-61)69-55(85)45(34(8)74)72-51(81)36(17-23-58)64-43(76)16-14-13-15-32(6)11-2)50(80)65-37(18-24-59)49(79)70-42(30-31(4)5)53(83)71-44(33(7)12-3)54(84)68-38(19-25-60)47(77)66-40(21-27-62)52(82)73-46(35(9)75)56(86)87/h10,31-42,44-46,74-75H,1,11-30,58-62H2,2-9H3,(H,63,88)(H,64,76)(H,65,80)(H,66,77)(H,67,78)(H,68,84)(H,69,85)(H,70,79)(H,71,83)(H,72,81)(H,73,82)(H,86,87)/t32-,33-,34-,35+,36-,37-,38-,39-,40-,41-,42+,44-,45-,46-/m0/s1. The summed E-state index contributed by atoms with van der Waals surface area (Å²) in [6.07, 6.45) is -0.0979. The summed E-state index contributed by atoms with van der Waals surface area (Å²) in [6.45, 7) is 15.7. The first-order chi connectivity index (χ1) is 42.0. The second kappa shape index (κ2) is 45.2. The summed E-state index contributed by atoms with van der Waals surface area (Å²) in [5, 5.41) is 57.6. The number of alkyl carbamates (subject to hydrolysis) is 1. The van der Waals surface area contributed by atoms with Crippen molar-refractivity contribution >= 4 is 71.1 Å². The molecule has 24 N–H and O–H groups in total. The molecule has 510 valence electrons. The molecule has 11 amide bonds. The van der Waals surface area contributed by atoms with Crippen molar-refractivity contribution in [3.05, 3.63) is 12.7 Å². The van der Waals surface area contributed by atoms with Crippen LogP contribution in [-0.2, 0) is 57.5 Å². The minimum atomic E-state index is -1.72. The molecule has 0 spiro atoms. The van der Waals surface area contributed by atoms with E-state index in [1.165, 1.54) is 13.0 Å². The van der Waals surface area contributed by atoms with Crippen molar-refractivity contribution in [1.82, 2.24) is 58.5 Å². The Bertz CT molecular complexity index is 2260. The van der Waals surface area contributed by atoms with Crippen LogP contribution in [0.25, 0.3) is 0 Å². The number of amides is 11. The lowest BCUT2D eigenvalue weighted by molar-refractivity contribution is -0.145. The number of nitrogens with one attached hydrogen (secondary N) is 11. The highest BCUT2D eigenvalue weighted by atomic mass is 16.5. The third-order valence-electron chi connectivity index (χ3n) is 14.4. The Morgan fingerprint density at radius 2 is 0.809 bits per heavy atom. The summed E-state index contributed by atoms with van der Waals surface area (Å²) in [4.78, 5) is 162. The van der Waals surface area contributed by atoms with Crippen LogP contribution in [0.2, 0.25) is 0 Å². The number of carboxylic acids is 1. The number of hydrogen-bond acceptors (Lipinski definition) is 20. The number of carbonyl (C=O) groups excluding carboxylic acids is 11. The van der Waals surface area contributed by atoms with E-state index in [0.29, 0.717) is 18.8 Å². The SMILES string of the molecule is C=CCOC(=O)NCC[C@H](NC(=O)[C@H](CCN)NC(=O)[C@@H](NC(=O)[C@H](CCN)NC(=O)CCCC[C@@H](C)CC)[C@H](C)O)C(=O)N[C@@H](CCN)C(=O)N[C@H](CC(C)C)C(=O)N[C@H](C(=O)N[C@@H](CCN)C(=O)N[C@@H](CCN)C(=O)N[C@H](C(=O)O)[C@@H](C)O)[C@@H](C)CC. The maximum Gasteiger partial charge on any atom is 0.407 e. The second-order valence-electron chi connectivity index (χ2n) is 22.5. The van der Waals surface area contributed by atoms with E-state index in [2.05, 4.69) is 78.9 Å². The van der Waals surface area contributed by atoms with Gasteiger partial charge in [-0.1, -0.05) is 79.9 Å². The van der Waals surface area contributed by atoms with Crippen LogP contribution in [0, 0.1) is 17.8 Å². The summed E-state index contributed by atoms with van der Waals surface area (Å²) in [7, 11) is 0. The van der Waals surface area contributed by atoms with Crippen molar-refractivity contribution in [3.8, 4) is 0 Å². The summed E-state index contributed by atoms with van der Waals surface area (Å²) >= 11 is 0. The number of aliphatic hydroxyl groups excluding tert-OH is 2. The van der Waals surface area contributed by atoms with Crippen molar-refractivity contribution in [3.63, 3.8) is 0 Å². The van der Waals surface area contributed by atoms with Gasteiger partial charge < -0.3 is 107 Å². The van der Waals surface area contributed by atoms with Gasteiger partial charge in [0.05, 0.1) is 12.2 Å². The molecule has 0 heterocycles. The molecule has 0 saturated heterocycles. The van der Waals surface area contributed by atoms with Crippen LogP contribution in [0.1, 0.15) is 139 Å². The number of carboxylic acid groups (broad SMARTS) is 1. The molecule has 0 radical (unpaired) electrons. The smallest absolute Gasteiger partial charge is 0.407 e. The van der Waals surface area contributed by atoms with Crippen molar-refractivity contribution in [2.24, 2.45) is 46.4 Å². The van der Waals surface area contributed by atoms with Crippen LogP contribution in [-0.4, -0.2) is 205 Å². The Morgan fingerprint density at radius 1 is 0.449 bits per heavy atom. The number of aliphatic hydroxyl groups is 2. The molecule has 14 atom stereocenters. The molecular weight excluding hydrogens is 1160 g/mol. The van der Waals surface area contributed by atoms with Gasteiger partial charge in [0.15, 0.2) is 6.04 Å². The molecule has 0 aromatic heterocycles. The normalized spacial score (nSPS) is 15.9. The van der Waals surface area contributed by atoms with Crippen LogP contribution < -0.4 is 87.2 Å². The highest BCUT2D eigenvalue weighted by molar-refractivity contribution is 5.99. The van der Waals surface area contributed by atoms with E-state index in [1.54, 1.807) is 27.7 Å². The number of ether oxygens (including phenoxy) is 1. The van der Waals surface area contributed by atoms with Crippen molar-refractivity contribution in [2.45, 2.75) is 211 Å². The minimum absolute atomic E-state index is 0.0113. The van der Waals surface area contributed by atoms with Crippen LogP contribution in [0.5, 0.6) is 0 Å². The van der Waals surface area contributed by atoms with Crippen molar-refractivity contribution < 1.29 is 77.6 Å². The van der Waals surface area contributed by atoms with Gasteiger partial charge in [-0.2, -0.15) is 0 Å². The van der Waals surface area contributed by atoms with Gasteiger partial charge >= 0.3 is 12.1 Å². The van der Waals surface area contributed by atoms with E-state index in [9.17, 15) is 72.9 Å².